The van der Waals surface area contributed by atoms with Gasteiger partial charge in [-0.3, -0.25) is 9.78 Å². The summed E-state index contributed by atoms with van der Waals surface area (Å²) in [6.07, 6.45) is 5.19. The molecule has 1 aromatic rings. The van der Waals surface area contributed by atoms with E-state index in [0.29, 0.717) is 5.92 Å². The van der Waals surface area contributed by atoms with Gasteiger partial charge in [-0.25, -0.2) is 0 Å². The molecule has 1 fully saturated rings. The molecule has 80 valence electrons. The van der Waals surface area contributed by atoms with Crippen LogP contribution in [0.1, 0.15) is 12.0 Å². The molecule has 1 aromatic heterocycles. The smallest absolute Gasteiger partial charge is 0.320 e. The number of nitrogens with one attached hydrogen (secondary N) is 1. The largest absolute Gasteiger partial charge is 0.480 e. The predicted octanol–water partition coefficient (Wildman–Crippen LogP) is 0.687. The maximum absolute atomic E-state index is 10.7. The summed E-state index contributed by atoms with van der Waals surface area (Å²) in [7, 11) is 0. The molecule has 0 spiro atoms. The highest BCUT2D eigenvalue weighted by molar-refractivity contribution is 5.73. The Kier molecular flexibility index (Phi) is 2.97. The van der Waals surface area contributed by atoms with E-state index in [2.05, 4.69) is 10.3 Å². The number of carbonyl (C=O) groups is 1. The summed E-state index contributed by atoms with van der Waals surface area (Å²) >= 11 is 0. The lowest BCUT2D eigenvalue weighted by Gasteiger charge is -2.07. The number of carboxylic acids is 1. The van der Waals surface area contributed by atoms with Gasteiger partial charge in [-0.15, -0.1) is 0 Å². The minimum Gasteiger partial charge on any atom is -0.480 e. The Hall–Kier alpha value is -1.42. The first kappa shape index (κ1) is 10.1. The molecule has 2 unspecified atom stereocenters. The molecule has 0 aromatic carbocycles. The maximum Gasteiger partial charge on any atom is 0.320 e. The quantitative estimate of drug-likeness (QED) is 0.763. The number of nitrogens with zero attached hydrogens (tertiary/aromatic N) is 1. The van der Waals surface area contributed by atoms with E-state index >= 15 is 0 Å². The van der Waals surface area contributed by atoms with Crippen molar-refractivity contribution in [2.75, 3.05) is 6.54 Å². The van der Waals surface area contributed by atoms with Gasteiger partial charge in [-0.2, -0.15) is 0 Å². The second-order valence-electron chi connectivity index (χ2n) is 3.96. The van der Waals surface area contributed by atoms with Crippen LogP contribution in [0.15, 0.2) is 24.5 Å². The van der Waals surface area contributed by atoms with Crippen LogP contribution in [-0.4, -0.2) is 28.6 Å². The lowest BCUT2D eigenvalue weighted by molar-refractivity contribution is -0.139. The van der Waals surface area contributed by atoms with Crippen LogP contribution < -0.4 is 5.32 Å². The minimum absolute atomic E-state index is 0.364. The summed E-state index contributed by atoms with van der Waals surface area (Å²) in [6, 6.07) is 3.60. The zero-order chi connectivity index (χ0) is 10.7. The molecule has 0 saturated carbocycles. The Morgan fingerprint density at radius 3 is 2.87 bits per heavy atom. The first-order chi connectivity index (χ1) is 7.25. The molecule has 15 heavy (non-hydrogen) atoms. The van der Waals surface area contributed by atoms with E-state index in [4.69, 9.17) is 5.11 Å². The van der Waals surface area contributed by atoms with Crippen molar-refractivity contribution in [2.24, 2.45) is 5.92 Å². The van der Waals surface area contributed by atoms with Crippen molar-refractivity contribution in [1.29, 1.82) is 0 Å². The van der Waals surface area contributed by atoms with Crippen LogP contribution in [0.4, 0.5) is 0 Å². The molecule has 2 heterocycles. The Bertz CT molecular complexity index is 340. The van der Waals surface area contributed by atoms with E-state index in [0.717, 1.165) is 19.4 Å². The molecule has 4 heteroatoms. The summed E-state index contributed by atoms with van der Waals surface area (Å²) in [5.41, 5.74) is 1.22. The molecule has 0 aliphatic carbocycles. The average Bonchev–Trinajstić information content (AvgIpc) is 2.68. The SMILES string of the molecule is O=C(O)C1CC(Cc2ccncc2)CN1. The van der Waals surface area contributed by atoms with Gasteiger partial charge in [-0.1, -0.05) is 0 Å². The third-order valence-corrected chi connectivity index (χ3v) is 2.79. The number of pyridine rings is 1. The molecule has 4 nitrogen and oxygen atoms in total. The van der Waals surface area contributed by atoms with Crippen molar-refractivity contribution < 1.29 is 9.90 Å². The third kappa shape index (κ3) is 2.53. The van der Waals surface area contributed by atoms with Gasteiger partial charge >= 0.3 is 5.97 Å². The number of rotatable bonds is 3. The van der Waals surface area contributed by atoms with Gasteiger partial charge in [0.1, 0.15) is 6.04 Å². The zero-order valence-corrected chi connectivity index (χ0v) is 8.39. The summed E-state index contributed by atoms with van der Waals surface area (Å²) < 4.78 is 0. The van der Waals surface area contributed by atoms with Crippen LogP contribution in [0.2, 0.25) is 0 Å². The normalized spacial score (nSPS) is 25.3. The van der Waals surface area contributed by atoms with Gasteiger partial charge in [0.25, 0.3) is 0 Å². The number of hydrogen-bond donors (Lipinski definition) is 2. The van der Waals surface area contributed by atoms with E-state index in [1.54, 1.807) is 12.4 Å². The lowest BCUT2D eigenvalue weighted by Crippen LogP contribution is -2.29. The fraction of sp³-hybridized carbons (Fsp3) is 0.455. The van der Waals surface area contributed by atoms with E-state index < -0.39 is 5.97 Å². The van der Waals surface area contributed by atoms with Crippen LogP contribution in [0.3, 0.4) is 0 Å². The van der Waals surface area contributed by atoms with Crippen LogP contribution in [-0.2, 0) is 11.2 Å². The monoisotopic (exact) mass is 206 g/mol. The fourth-order valence-corrected chi connectivity index (χ4v) is 2.00. The van der Waals surface area contributed by atoms with Crippen molar-refractivity contribution in [2.45, 2.75) is 18.9 Å². The van der Waals surface area contributed by atoms with Crippen LogP contribution in [0.5, 0.6) is 0 Å². The van der Waals surface area contributed by atoms with Crippen molar-refractivity contribution in [3.05, 3.63) is 30.1 Å². The summed E-state index contributed by atoms with van der Waals surface area (Å²) in [4.78, 5) is 14.7. The second-order valence-corrected chi connectivity index (χ2v) is 3.96. The molecule has 0 bridgehead atoms. The Labute approximate surface area is 88.3 Å². The summed E-state index contributed by atoms with van der Waals surface area (Å²) in [6.45, 7) is 0.791. The van der Waals surface area contributed by atoms with E-state index in [9.17, 15) is 4.79 Å². The molecule has 1 aliphatic heterocycles. The van der Waals surface area contributed by atoms with Crippen molar-refractivity contribution in [1.82, 2.24) is 10.3 Å². The van der Waals surface area contributed by atoms with Crippen LogP contribution >= 0.6 is 0 Å². The number of carboxylic acid groups (broad SMARTS) is 1. The van der Waals surface area contributed by atoms with E-state index in [-0.39, 0.29) is 6.04 Å². The number of aliphatic carboxylic acids is 1. The highest BCUT2D eigenvalue weighted by atomic mass is 16.4. The Morgan fingerprint density at radius 1 is 1.53 bits per heavy atom. The van der Waals surface area contributed by atoms with E-state index in [1.807, 2.05) is 12.1 Å². The molecule has 1 saturated heterocycles. The second kappa shape index (κ2) is 4.40. The topological polar surface area (TPSA) is 62.2 Å². The maximum atomic E-state index is 10.7. The fourth-order valence-electron chi connectivity index (χ4n) is 2.00. The van der Waals surface area contributed by atoms with Gasteiger partial charge < -0.3 is 10.4 Å². The molecular weight excluding hydrogens is 192 g/mol. The molecular formula is C11H14N2O2. The Morgan fingerprint density at radius 2 is 2.27 bits per heavy atom. The molecule has 2 N–H and O–H groups in total. The van der Waals surface area contributed by atoms with Gasteiger partial charge in [0.15, 0.2) is 0 Å². The lowest BCUT2D eigenvalue weighted by atomic mass is 9.97. The average molecular weight is 206 g/mol. The zero-order valence-electron chi connectivity index (χ0n) is 8.39. The summed E-state index contributed by atoms with van der Waals surface area (Å²) in [5.74, 6) is -0.319. The predicted molar refractivity (Wildman–Crippen MR) is 55.5 cm³/mol. The summed E-state index contributed by atoms with van der Waals surface area (Å²) in [5, 5.41) is 11.8. The highest BCUT2D eigenvalue weighted by Gasteiger charge is 2.28. The molecule has 1 aliphatic rings. The molecule has 2 rings (SSSR count). The van der Waals surface area contributed by atoms with Crippen LogP contribution in [0, 0.1) is 5.92 Å². The molecule has 0 radical (unpaired) electrons. The van der Waals surface area contributed by atoms with Gasteiger partial charge in [0, 0.05) is 12.4 Å². The molecule has 2 atom stereocenters. The van der Waals surface area contributed by atoms with Crippen molar-refractivity contribution in [3.8, 4) is 0 Å². The first-order valence-corrected chi connectivity index (χ1v) is 5.11. The van der Waals surface area contributed by atoms with Gasteiger partial charge in [0.05, 0.1) is 0 Å². The van der Waals surface area contributed by atoms with Crippen molar-refractivity contribution >= 4 is 5.97 Å². The Balaban J connectivity index is 1.90. The van der Waals surface area contributed by atoms with Gasteiger partial charge in [-0.05, 0) is 43.0 Å². The van der Waals surface area contributed by atoms with Crippen molar-refractivity contribution in [3.63, 3.8) is 0 Å². The molecule has 0 amide bonds. The van der Waals surface area contributed by atoms with Crippen LogP contribution in [0.25, 0.3) is 0 Å². The van der Waals surface area contributed by atoms with E-state index in [1.165, 1.54) is 5.56 Å². The standard InChI is InChI=1S/C11H14N2O2/c14-11(15)10-6-9(7-13-10)5-8-1-3-12-4-2-8/h1-4,9-10,13H,5-7H2,(H,14,15). The third-order valence-electron chi connectivity index (χ3n) is 2.79. The minimum atomic E-state index is -0.743. The van der Waals surface area contributed by atoms with Gasteiger partial charge in [0.2, 0.25) is 0 Å². The number of aromatic nitrogens is 1. The first-order valence-electron chi connectivity index (χ1n) is 5.11. The highest BCUT2D eigenvalue weighted by Crippen LogP contribution is 2.18. The number of hydrogen-bond acceptors (Lipinski definition) is 3.